The van der Waals surface area contributed by atoms with Crippen LogP contribution in [0.4, 0.5) is 4.39 Å². The molecule has 0 unspecified atom stereocenters. The molecule has 2 heteroatoms. The van der Waals surface area contributed by atoms with Gasteiger partial charge < -0.3 is 0 Å². The molecule has 0 aliphatic rings. The van der Waals surface area contributed by atoms with Crippen molar-refractivity contribution in [1.29, 1.82) is 0 Å². The Morgan fingerprint density at radius 2 is 1.77 bits per heavy atom. The first kappa shape index (κ1) is 8.17. The van der Waals surface area contributed by atoms with Crippen molar-refractivity contribution in [3.05, 3.63) is 41.3 Å². The van der Waals surface area contributed by atoms with Crippen LogP contribution >= 0.6 is 0 Å². The number of halogens is 1. The van der Waals surface area contributed by atoms with E-state index >= 15 is 0 Å². The van der Waals surface area contributed by atoms with E-state index < -0.39 is 0 Å². The summed E-state index contributed by atoms with van der Waals surface area (Å²) in [6.45, 7) is 3.94. The van der Waals surface area contributed by atoms with E-state index in [9.17, 15) is 4.39 Å². The zero-order valence-corrected chi connectivity index (χ0v) is 7.63. The van der Waals surface area contributed by atoms with Gasteiger partial charge in [0.05, 0.1) is 0 Å². The van der Waals surface area contributed by atoms with E-state index in [4.69, 9.17) is 0 Å². The van der Waals surface area contributed by atoms with Gasteiger partial charge in [0.15, 0.2) is 0 Å². The second-order valence-electron chi connectivity index (χ2n) is 3.22. The molecule has 2 aromatic rings. The summed E-state index contributed by atoms with van der Waals surface area (Å²) in [6.07, 6.45) is 1.64. The molecule has 0 atom stereocenters. The predicted octanol–water partition coefficient (Wildman–Crippen LogP) is 2.99. The SMILES string of the molecule is Cc1ccnc2c(F)ccc(C)c12. The lowest BCUT2D eigenvalue weighted by Gasteiger charge is -2.04. The zero-order chi connectivity index (χ0) is 9.42. The maximum atomic E-state index is 13.3. The minimum atomic E-state index is -0.246. The number of rotatable bonds is 0. The van der Waals surface area contributed by atoms with Gasteiger partial charge in [0.25, 0.3) is 0 Å². The molecule has 0 fully saturated rings. The van der Waals surface area contributed by atoms with E-state index in [2.05, 4.69) is 4.98 Å². The molecular formula is C11H10FN. The minimum absolute atomic E-state index is 0.246. The Bertz CT molecular complexity index is 455. The average Bonchev–Trinajstić information content (AvgIpc) is 2.12. The molecule has 0 amide bonds. The summed E-state index contributed by atoms with van der Waals surface area (Å²) in [5, 5.41) is 0.933. The molecule has 0 N–H and O–H groups in total. The molecule has 13 heavy (non-hydrogen) atoms. The van der Waals surface area contributed by atoms with Gasteiger partial charge in [-0.05, 0) is 37.1 Å². The van der Waals surface area contributed by atoms with Crippen LogP contribution in [-0.4, -0.2) is 4.98 Å². The lowest BCUT2D eigenvalue weighted by atomic mass is 10.1. The fourth-order valence-electron chi connectivity index (χ4n) is 1.60. The first-order valence-corrected chi connectivity index (χ1v) is 4.20. The van der Waals surface area contributed by atoms with E-state index in [0.29, 0.717) is 5.52 Å². The lowest BCUT2D eigenvalue weighted by Crippen LogP contribution is -1.89. The standard InChI is InChI=1S/C11H10FN/c1-7-3-4-9(12)11-10(7)8(2)5-6-13-11/h3-6H,1-2H3. The Hall–Kier alpha value is -1.44. The number of fused-ring (bicyclic) bond motifs is 1. The van der Waals surface area contributed by atoms with Gasteiger partial charge in [0.1, 0.15) is 11.3 Å². The summed E-state index contributed by atoms with van der Waals surface area (Å²) in [5.41, 5.74) is 2.61. The molecule has 0 bridgehead atoms. The van der Waals surface area contributed by atoms with Crippen LogP contribution in [0.5, 0.6) is 0 Å². The van der Waals surface area contributed by atoms with Crippen molar-refractivity contribution in [2.24, 2.45) is 0 Å². The Kier molecular flexibility index (Phi) is 1.76. The number of benzene rings is 1. The number of nitrogens with zero attached hydrogens (tertiary/aromatic N) is 1. The van der Waals surface area contributed by atoms with Crippen LogP contribution < -0.4 is 0 Å². The quantitative estimate of drug-likeness (QED) is 0.599. The van der Waals surface area contributed by atoms with E-state index in [-0.39, 0.29) is 5.82 Å². The summed E-state index contributed by atoms with van der Waals surface area (Å²) in [4.78, 5) is 4.03. The minimum Gasteiger partial charge on any atom is -0.253 e. The highest BCUT2D eigenvalue weighted by Crippen LogP contribution is 2.22. The fourth-order valence-corrected chi connectivity index (χ4v) is 1.60. The van der Waals surface area contributed by atoms with Crippen molar-refractivity contribution >= 4 is 10.9 Å². The normalized spacial score (nSPS) is 10.7. The van der Waals surface area contributed by atoms with Crippen molar-refractivity contribution in [2.45, 2.75) is 13.8 Å². The van der Waals surface area contributed by atoms with Crippen molar-refractivity contribution in [3.63, 3.8) is 0 Å². The van der Waals surface area contributed by atoms with Crippen LogP contribution in [0.1, 0.15) is 11.1 Å². The van der Waals surface area contributed by atoms with Crippen molar-refractivity contribution in [1.82, 2.24) is 4.98 Å². The number of hydrogen-bond acceptors (Lipinski definition) is 1. The summed E-state index contributed by atoms with van der Waals surface area (Å²) in [5.74, 6) is -0.246. The van der Waals surface area contributed by atoms with Crippen LogP contribution in [0.25, 0.3) is 10.9 Å². The van der Waals surface area contributed by atoms with Crippen molar-refractivity contribution < 1.29 is 4.39 Å². The molecule has 1 heterocycles. The maximum absolute atomic E-state index is 13.3. The lowest BCUT2D eigenvalue weighted by molar-refractivity contribution is 0.636. The van der Waals surface area contributed by atoms with Crippen LogP contribution in [-0.2, 0) is 0 Å². The summed E-state index contributed by atoms with van der Waals surface area (Å²) >= 11 is 0. The predicted molar refractivity (Wildman–Crippen MR) is 51.2 cm³/mol. The summed E-state index contributed by atoms with van der Waals surface area (Å²) < 4.78 is 13.3. The van der Waals surface area contributed by atoms with E-state index in [1.165, 1.54) is 6.07 Å². The van der Waals surface area contributed by atoms with Gasteiger partial charge in [-0.25, -0.2) is 4.39 Å². The number of hydrogen-bond donors (Lipinski definition) is 0. The first-order valence-electron chi connectivity index (χ1n) is 4.20. The Morgan fingerprint density at radius 1 is 1.08 bits per heavy atom. The Balaban J connectivity index is 3.00. The van der Waals surface area contributed by atoms with Gasteiger partial charge in [-0.3, -0.25) is 4.98 Å². The highest BCUT2D eigenvalue weighted by molar-refractivity contribution is 5.85. The highest BCUT2D eigenvalue weighted by Gasteiger charge is 2.05. The smallest absolute Gasteiger partial charge is 0.149 e. The molecule has 0 radical (unpaired) electrons. The third-order valence-corrected chi connectivity index (χ3v) is 2.26. The largest absolute Gasteiger partial charge is 0.253 e. The molecule has 0 saturated heterocycles. The summed E-state index contributed by atoms with van der Waals surface area (Å²) in [7, 11) is 0. The topological polar surface area (TPSA) is 12.9 Å². The van der Waals surface area contributed by atoms with Crippen molar-refractivity contribution in [2.75, 3.05) is 0 Å². The highest BCUT2D eigenvalue weighted by atomic mass is 19.1. The van der Waals surface area contributed by atoms with Crippen LogP contribution in [0.3, 0.4) is 0 Å². The van der Waals surface area contributed by atoms with Gasteiger partial charge in [-0.1, -0.05) is 6.07 Å². The average molecular weight is 175 g/mol. The number of aryl methyl sites for hydroxylation is 2. The fraction of sp³-hybridized carbons (Fsp3) is 0.182. The Labute approximate surface area is 76.2 Å². The molecule has 0 aliphatic carbocycles. The van der Waals surface area contributed by atoms with E-state index in [0.717, 1.165) is 16.5 Å². The molecule has 1 aromatic carbocycles. The third-order valence-electron chi connectivity index (χ3n) is 2.26. The molecular weight excluding hydrogens is 165 g/mol. The zero-order valence-electron chi connectivity index (χ0n) is 7.63. The molecule has 1 aromatic heterocycles. The first-order chi connectivity index (χ1) is 6.20. The second-order valence-corrected chi connectivity index (χ2v) is 3.22. The van der Waals surface area contributed by atoms with Crippen molar-refractivity contribution in [3.8, 4) is 0 Å². The van der Waals surface area contributed by atoms with Crippen LogP contribution in [0.15, 0.2) is 24.4 Å². The van der Waals surface area contributed by atoms with Crippen LogP contribution in [0, 0.1) is 19.7 Å². The Morgan fingerprint density at radius 3 is 2.46 bits per heavy atom. The van der Waals surface area contributed by atoms with Gasteiger partial charge in [0.2, 0.25) is 0 Å². The molecule has 2 rings (SSSR count). The molecule has 0 spiro atoms. The number of pyridine rings is 1. The molecule has 66 valence electrons. The summed E-state index contributed by atoms with van der Waals surface area (Å²) in [6, 6.07) is 5.14. The van der Waals surface area contributed by atoms with E-state index in [1.54, 1.807) is 12.3 Å². The van der Waals surface area contributed by atoms with Gasteiger partial charge in [-0.2, -0.15) is 0 Å². The van der Waals surface area contributed by atoms with E-state index in [1.807, 2.05) is 19.9 Å². The second kappa shape index (κ2) is 2.80. The molecule has 0 aliphatic heterocycles. The molecule has 0 saturated carbocycles. The van der Waals surface area contributed by atoms with Gasteiger partial charge in [-0.15, -0.1) is 0 Å². The van der Waals surface area contributed by atoms with Gasteiger partial charge in [0, 0.05) is 11.6 Å². The van der Waals surface area contributed by atoms with Gasteiger partial charge >= 0.3 is 0 Å². The maximum Gasteiger partial charge on any atom is 0.149 e. The van der Waals surface area contributed by atoms with Crippen LogP contribution in [0.2, 0.25) is 0 Å². The third kappa shape index (κ3) is 1.18. The monoisotopic (exact) mass is 175 g/mol. The molecule has 1 nitrogen and oxygen atoms in total. The number of aromatic nitrogens is 1.